The van der Waals surface area contributed by atoms with Crippen molar-refractivity contribution in [3.05, 3.63) is 222 Å². The summed E-state index contributed by atoms with van der Waals surface area (Å²) in [5, 5.41) is 6.65. The highest BCUT2D eigenvalue weighted by atomic mass is 16.3. The van der Waals surface area contributed by atoms with Gasteiger partial charge in [-0.25, -0.2) is 15.0 Å². The second kappa shape index (κ2) is 12.7. The molecular formula is C54H33N3O. The van der Waals surface area contributed by atoms with Gasteiger partial charge in [-0.3, -0.25) is 0 Å². The molecule has 1 aliphatic rings. The van der Waals surface area contributed by atoms with Crippen LogP contribution in [0, 0.1) is 0 Å². The van der Waals surface area contributed by atoms with Gasteiger partial charge in [-0.15, -0.1) is 0 Å². The zero-order valence-electron chi connectivity index (χ0n) is 31.3. The van der Waals surface area contributed by atoms with Crippen LogP contribution in [0.1, 0.15) is 22.3 Å². The van der Waals surface area contributed by atoms with Gasteiger partial charge >= 0.3 is 0 Å². The second-order valence-corrected chi connectivity index (χ2v) is 15.0. The van der Waals surface area contributed by atoms with E-state index in [1.807, 2.05) is 18.2 Å². The summed E-state index contributed by atoms with van der Waals surface area (Å²) in [4.78, 5) is 16.2. The molecule has 0 spiro atoms. The molecule has 0 N–H and O–H groups in total. The summed E-state index contributed by atoms with van der Waals surface area (Å²) in [5.74, 6) is 1.77. The number of nitrogens with zero attached hydrogens (tertiary/aromatic N) is 3. The van der Waals surface area contributed by atoms with Gasteiger partial charge in [0.1, 0.15) is 11.2 Å². The number of rotatable bonds is 5. The van der Waals surface area contributed by atoms with Crippen LogP contribution in [0.2, 0.25) is 0 Å². The highest BCUT2D eigenvalue weighted by molar-refractivity contribution is 6.14. The third kappa shape index (κ3) is 4.66. The summed E-state index contributed by atoms with van der Waals surface area (Å²) in [6.07, 6.45) is 0. The zero-order chi connectivity index (χ0) is 38.2. The van der Waals surface area contributed by atoms with Crippen molar-refractivity contribution in [3.63, 3.8) is 0 Å². The zero-order valence-corrected chi connectivity index (χ0v) is 31.3. The van der Waals surface area contributed by atoms with Crippen molar-refractivity contribution in [1.29, 1.82) is 0 Å². The molecule has 2 aromatic heterocycles. The fourth-order valence-corrected chi connectivity index (χ4v) is 9.59. The number of furan rings is 1. The predicted octanol–water partition coefficient (Wildman–Crippen LogP) is 13.4. The maximum atomic E-state index is 6.60. The van der Waals surface area contributed by atoms with Crippen LogP contribution in [0.15, 0.2) is 205 Å². The van der Waals surface area contributed by atoms with E-state index in [0.717, 1.165) is 60.4 Å². The maximum absolute atomic E-state index is 6.60. The van der Waals surface area contributed by atoms with E-state index in [1.165, 1.54) is 33.2 Å². The number of hydrogen-bond acceptors (Lipinski definition) is 4. The molecule has 0 fully saturated rings. The van der Waals surface area contributed by atoms with Crippen LogP contribution in [0.4, 0.5) is 0 Å². The fourth-order valence-electron chi connectivity index (χ4n) is 9.59. The maximum Gasteiger partial charge on any atom is 0.167 e. The van der Waals surface area contributed by atoms with Crippen LogP contribution in [0.25, 0.3) is 88.8 Å². The first-order chi connectivity index (χ1) is 28.8. The first-order valence-electron chi connectivity index (χ1n) is 19.7. The Morgan fingerprint density at radius 2 is 0.862 bits per heavy atom. The number of fused-ring (bicyclic) bond motifs is 9. The Kier molecular flexibility index (Phi) is 7.11. The van der Waals surface area contributed by atoms with Gasteiger partial charge in [0.25, 0.3) is 0 Å². The first-order valence-corrected chi connectivity index (χ1v) is 19.7. The molecule has 0 aliphatic heterocycles. The van der Waals surface area contributed by atoms with Crippen molar-refractivity contribution < 1.29 is 4.42 Å². The van der Waals surface area contributed by atoms with Gasteiger partial charge in [0.2, 0.25) is 0 Å². The smallest absolute Gasteiger partial charge is 0.167 e. The highest BCUT2D eigenvalue weighted by Crippen LogP contribution is 2.58. The molecule has 4 heteroatoms. The monoisotopic (exact) mass is 739 g/mol. The van der Waals surface area contributed by atoms with Crippen molar-refractivity contribution in [3.8, 4) is 45.3 Å². The topological polar surface area (TPSA) is 51.8 Å². The van der Waals surface area contributed by atoms with Crippen molar-refractivity contribution in [1.82, 2.24) is 15.0 Å². The second-order valence-electron chi connectivity index (χ2n) is 15.0. The predicted molar refractivity (Wildman–Crippen MR) is 236 cm³/mol. The van der Waals surface area contributed by atoms with Crippen molar-refractivity contribution in [2.75, 3.05) is 0 Å². The van der Waals surface area contributed by atoms with E-state index in [2.05, 4.69) is 182 Å². The Morgan fingerprint density at radius 1 is 0.345 bits per heavy atom. The highest BCUT2D eigenvalue weighted by Gasteiger charge is 2.47. The van der Waals surface area contributed by atoms with Gasteiger partial charge in [0.05, 0.1) is 11.0 Å². The third-order valence-corrected chi connectivity index (χ3v) is 12.0. The molecule has 11 aromatic rings. The van der Waals surface area contributed by atoms with Crippen molar-refractivity contribution in [2.24, 2.45) is 0 Å². The first kappa shape index (κ1) is 32.5. The lowest BCUT2D eigenvalue weighted by atomic mass is 9.67. The molecular weight excluding hydrogens is 707 g/mol. The Hall–Kier alpha value is -7.69. The summed E-state index contributed by atoms with van der Waals surface area (Å²) in [5.41, 5.74) is 10.9. The SMILES string of the molecule is c1ccc(C2(c3ccccc3)c3ccccc3-c3c(-c4nc(-c5cccc6c5oc5ccccc56)nc(-c5cccc6ccc7ccccc7c56)n4)cccc32)cc1. The summed E-state index contributed by atoms with van der Waals surface area (Å²) >= 11 is 0. The van der Waals surface area contributed by atoms with Crippen LogP contribution in [0.5, 0.6) is 0 Å². The van der Waals surface area contributed by atoms with Crippen molar-refractivity contribution >= 4 is 43.5 Å². The van der Waals surface area contributed by atoms with Crippen LogP contribution >= 0.6 is 0 Å². The Bertz CT molecular complexity index is 3370. The van der Waals surface area contributed by atoms with Crippen molar-refractivity contribution in [2.45, 2.75) is 5.41 Å². The van der Waals surface area contributed by atoms with E-state index in [-0.39, 0.29) is 0 Å². The molecule has 0 atom stereocenters. The van der Waals surface area contributed by atoms with Gasteiger partial charge in [-0.05, 0) is 61.7 Å². The standard InChI is InChI=1S/C54H33N3O/c1-3-18-36(19-4-1)54(37-20-5-2-6-21-37)45-29-11-9-24-41(45)49-43(27-15-30-46(49)54)52-55-51(42-26-13-17-35-33-32-34-16-7-8-22-38(34)48(35)42)56-53(57-52)44-28-14-25-40-39-23-10-12-31-47(39)58-50(40)44/h1-33H. The molecule has 270 valence electrons. The molecule has 0 unspecified atom stereocenters. The molecule has 4 nitrogen and oxygen atoms in total. The Balaban J connectivity index is 1.19. The van der Waals surface area contributed by atoms with E-state index in [1.54, 1.807) is 0 Å². The molecule has 58 heavy (non-hydrogen) atoms. The van der Waals surface area contributed by atoms with Crippen LogP contribution in [-0.2, 0) is 5.41 Å². The third-order valence-electron chi connectivity index (χ3n) is 12.0. The van der Waals surface area contributed by atoms with Crippen LogP contribution in [-0.4, -0.2) is 15.0 Å². The number of hydrogen-bond donors (Lipinski definition) is 0. The lowest BCUT2D eigenvalue weighted by Crippen LogP contribution is -2.28. The number of para-hydroxylation sites is 2. The number of benzene rings is 9. The van der Waals surface area contributed by atoms with E-state index in [0.29, 0.717) is 17.5 Å². The lowest BCUT2D eigenvalue weighted by molar-refractivity contribution is 0.669. The summed E-state index contributed by atoms with van der Waals surface area (Å²) in [6.45, 7) is 0. The lowest BCUT2D eigenvalue weighted by Gasteiger charge is -2.33. The van der Waals surface area contributed by atoms with Gasteiger partial charge in [-0.1, -0.05) is 188 Å². The van der Waals surface area contributed by atoms with Gasteiger partial charge in [0, 0.05) is 27.3 Å². The van der Waals surface area contributed by atoms with E-state index >= 15 is 0 Å². The molecule has 2 heterocycles. The van der Waals surface area contributed by atoms with E-state index < -0.39 is 5.41 Å². The molecule has 0 bridgehead atoms. The molecule has 9 aromatic carbocycles. The van der Waals surface area contributed by atoms with E-state index in [4.69, 9.17) is 19.4 Å². The van der Waals surface area contributed by atoms with Gasteiger partial charge < -0.3 is 4.42 Å². The quantitative estimate of drug-likeness (QED) is 0.165. The average Bonchev–Trinajstić information content (AvgIpc) is 3.83. The summed E-state index contributed by atoms with van der Waals surface area (Å²) in [6, 6.07) is 70.9. The molecule has 1 aliphatic carbocycles. The number of aromatic nitrogens is 3. The van der Waals surface area contributed by atoms with Crippen LogP contribution < -0.4 is 0 Å². The molecule has 0 radical (unpaired) electrons. The molecule has 12 rings (SSSR count). The molecule has 0 saturated heterocycles. The Morgan fingerprint density at radius 3 is 1.67 bits per heavy atom. The molecule has 0 saturated carbocycles. The minimum atomic E-state index is -0.558. The summed E-state index contributed by atoms with van der Waals surface area (Å²) < 4.78 is 6.60. The van der Waals surface area contributed by atoms with Crippen LogP contribution in [0.3, 0.4) is 0 Å². The fraction of sp³-hybridized carbons (Fsp3) is 0.0185. The summed E-state index contributed by atoms with van der Waals surface area (Å²) in [7, 11) is 0. The average molecular weight is 740 g/mol. The van der Waals surface area contributed by atoms with E-state index in [9.17, 15) is 0 Å². The van der Waals surface area contributed by atoms with Gasteiger partial charge in [0.15, 0.2) is 17.5 Å². The van der Waals surface area contributed by atoms with Gasteiger partial charge in [-0.2, -0.15) is 0 Å². The normalized spacial score (nSPS) is 13.0. The Labute approximate surface area is 334 Å². The largest absolute Gasteiger partial charge is 0.455 e. The minimum Gasteiger partial charge on any atom is -0.455 e. The molecule has 0 amide bonds. The minimum absolute atomic E-state index is 0.558.